The molecule has 1 heterocycles. The Balaban J connectivity index is 1.92. The van der Waals surface area contributed by atoms with Crippen LogP contribution in [-0.2, 0) is 9.53 Å². The molecule has 0 aromatic carbocycles. The van der Waals surface area contributed by atoms with Gasteiger partial charge in [-0.05, 0) is 38.4 Å². The normalized spacial score (nSPS) is 18.6. The van der Waals surface area contributed by atoms with Gasteiger partial charge >= 0.3 is 0 Å². The molecular formula is C14H26N2O2S2. The highest BCUT2D eigenvalue weighted by Crippen LogP contribution is 2.15. The van der Waals surface area contributed by atoms with Gasteiger partial charge in [0.05, 0.1) is 16.8 Å². The lowest BCUT2D eigenvalue weighted by atomic mass is 10.1. The Bertz CT molecular complexity index is 295. The van der Waals surface area contributed by atoms with Crippen molar-refractivity contribution in [3.63, 3.8) is 0 Å². The number of carbonyl (C=O) groups is 1. The molecule has 0 aromatic heterocycles. The smallest absolute Gasteiger partial charge is 0.229 e. The first kappa shape index (κ1) is 17.7. The van der Waals surface area contributed by atoms with Crippen LogP contribution >= 0.6 is 24.0 Å². The number of hydrogen-bond donors (Lipinski definition) is 2. The Morgan fingerprint density at radius 1 is 1.40 bits per heavy atom. The predicted octanol–water partition coefficient (Wildman–Crippen LogP) is 2.12. The Labute approximate surface area is 131 Å². The van der Waals surface area contributed by atoms with Gasteiger partial charge in [0.25, 0.3) is 0 Å². The molecule has 1 rings (SSSR count). The first-order valence-corrected chi connectivity index (χ1v) is 9.01. The SMILES string of the molecule is CCNC(=O)CSCCCNC(=S)CC1CCCCO1. The molecule has 0 saturated carbocycles. The molecule has 4 nitrogen and oxygen atoms in total. The summed E-state index contributed by atoms with van der Waals surface area (Å²) in [6.45, 7) is 4.40. The zero-order chi connectivity index (χ0) is 14.6. The Hall–Kier alpha value is -0.330. The summed E-state index contributed by atoms with van der Waals surface area (Å²) in [4.78, 5) is 12.1. The van der Waals surface area contributed by atoms with Crippen LogP contribution in [0.4, 0.5) is 0 Å². The second-order valence-corrected chi connectivity index (χ2v) is 6.50. The number of amides is 1. The van der Waals surface area contributed by atoms with Crippen molar-refractivity contribution < 1.29 is 9.53 Å². The fraction of sp³-hybridized carbons (Fsp3) is 0.857. The molecule has 1 amide bonds. The molecule has 0 aliphatic carbocycles. The zero-order valence-electron chi connectivity index (χ0n) is 12.3. The quantitative estimate of drug-likeness (QED) is 0.504. The van der Waals surface area contributed by atoms with E-state index in [1.165, 1.54) is 12.8 Å². The maximum Gasteiger partial charge on any atom is 0.229 e. The van der Waals surface area contributed by atoms with E-state index in [4.69, 9.17) is 17.0 Å². The standard InChI is InChI=1S/C14H26N2O2S2/c1-2-15-13(17)11-20-9-5-7-16-14(19)10-12-6-3-4-8-18-12/h12H,2-11H2,1H3,(H,15,17)(H,16,19). The second-order valence-electron chi connectivity index (χ2n) is 4.90. The molecule has 1 aliphatic heterocycles. The topological polar surface area (TPSA) is 50.4 Å². The van der Waals surface area contributed by atoms with Crippen LogP contribution in [0.25, 0.3) is 0 Å². The fourth-order valence-electron chi connectivity index (χ4n) is 2.06. The average molecular weight is 319 g/mol. The number of thioether (sulfide) groups is 1. The van der Waals surface area contributed by atoms with Crippen molar-refractivity contribution in [3.05, 3.63) is 0 Å². The number of carbonyl (C=O) groups excluding carboxylic acids is 1. The molecule has 2 N–H and O–H groups in total. The molecular weight excluding hydrogens is 292 g/mol. The molecule has 6 heteroatoms. The maximum absolute atomic E-state index is 11.2. The molecule has 1 fully saturated rings. The first-order chi connectivity index (χ1) is 9.72. The van der Waals surface area contributed by atoms with Gasteiger partial charge in [-0.2, -0.15) is 11.8 Å². The number of nitrogens with one attached hydrogen (secondary N) is 2. The number of hydrogen-bond acceptors (Lipinski definition) is 4. The van der Waals surface area contributed by atoms with Crippen molar-refractivity contribution in [2.24, 2.45) is 0 Å². The van der Waals surface area contributed by atoms with Crippen LogP contribution in [-0.4, -0.2) is 48.2 Å². The van der Waals surface area contributed by atoms with Crippen molar-refractivity contribution in [3.8, 4) is 0 Å². The minimum atomic E-state index is 0.121. The van der Waals surface area contributed by atoms with E-state index in [2.05, 4.69) is 10.6 Å². The summed E-state index contributed by atoms with van der Waals surface area (Å²) >= 11 is 7.00. The second kappa shape index (κ2) is 11.3. The third-order valence-electron chi connectivity index (χ3n) is 3.08. The van der Waals surface area contributed by atoms with Crippen molar-refractivity contribution in [1.29, 1.82) is 0 Å². The van der Waals surface area contributed by atoms with Crippen molar-refractivity contribution in [2.75, 3.05) is 31.2 Å². The van der Waals surface area contributed by atoms with Gasteiger partial charge in [0.15, 0.2) is 0 Å². The lowest BCUT2D eigenvalue weighted by Gasteiger charge is -2.23. The molecule has 1 aliphatic rings. The highest BCUT2D eigenvalue weighted by molar-refractivity contribution is 7.99. The molecule has 1 atom stereocenters. The summed E-state index contributed by atoms with van der Waals surface area (Å²) in [5.74, 6) is 1.65. The Morgan fingerprint density at radius 2 is 2.25 bits per heavy atom. The minimum absolute atomic E-state index is 0.121. The Kier molecular flexibility index (Phi) is 10.1. The van der Waals surface area contributed by atoms with Gasteiger partial charge in [-0.1, -0.05) is 12.2 Å². The van der Waals surface area contributed by atoms with E-state index in [-0.39, 0.29) is 5.91 Å². The van der Waals surface area contributed by atoms with E-state index in [1.54, 1.807) is 11.8 Å². The monoisotopic (exact) mass is 318 g/mol. The first-order valence-electron chi connectivity index (χ1n) is 7.45. The third-order valence-corrected chi connectivity index (χ3v) is 4.44. The van der Waals surface area contributed by atoms with E-state index in [0.717, 1.165) is 43.2 Å². The van der Waals surface area contributed by atoms with Crippen LogP contribution in [0.15, 0.2) is 0 Å². The van der Waals surface area contributed by atoms with E-state index < -0.39 is 0 Å². The lowest BCUT2D eigenvalue weighted by molar-refractivity contribution is -0.118. The summed E-state index contributed by atoms with van der Waals surface area (Å²) < 4.78 is 5.67. The zero-order valence-corrected chi connectivity index (χ0v) is 13.9. The van der Waals surface area contributed by atoms with Crippen molar-refractivity contribution >= 4 is 34.9 Å². The molecule has 20 heavy (non-hydrogen) atoms. The summed E-state index contributed by atoms with van der Waals surface area (Å²) in [7, 11) is 0. The number of rotatable bonds is 9. The minimum Gasteiger partial charge on any atom is -0.380 e. The van der Waals surface area contributed by atoms with Gasteiger partial charge in [0, 0.05) is 26.1 Å². The van der Waals surface area contributed by atoms with Crippen molar-refractivity contribution in [2.45, 2.75) is 45.1 Å². The van der Waals surface area contributed by atoms with E-state index in [9.17, 15) is 4.79 Å². The summed E-state index contributed by atoms with van der Waals surface area (Å²) in [5, 5.41) is 6.07. The van der Waals surface area contributed by atoms with Crippen LogP contribution in [0.5, 0.6) is 0 Å². The maximum atomic E-state index is 11.2. The average Bonchev–Trinajstić information content (AvgIpc) is 2.44. The van der Waals surface area contributed by atoms with E-state index >= 15 is 0 Å². The van der Waals surface area contributed by atoms with Crippen LogP contribution in [0.3, 0.4) is 0 Å². The summed E-state index contributed by atoms with van der Waals surface area (Å²) in [6.07, 6.45) is 5.75. The van der Waals surface area contributed by atoms with Gasteiger partial charge in [0.1, 0.15) is 0 Å². The third kappa shape index (κ3) is 8.76. The van der Waals surface area contributed by atoms with Gasteiger partial charge in [0.2, 0.25) is 5.91 Å². The van der Waals surface area contributed by atoms with Gasteiger partial charge in [-0.15, -0.1) is 0 Å². The highest BCUT2D eigenvalue weighted by Gasteiger charge is 2.15. The van der Waals surface area contributed by atoms with Gasteiger partial charge in [-0.25, -0.2) is 0 Å². The highest BCUT2D eigenvalue weighted by atomic mass is 32.2. The number of thiocarbonyl (C=S) groups is 1. The summed E-state index contributed by atoms with van der Waals surface area (Å²) in [6, 6.07) is 0. The van der Waals surface area contributed by atoms with E-state index in [0.29, 0.717) is 18.4 Å². The molecule has 0 bridgehead atoms. The fourth-order valence-corrected chi connectivity index (χ4v) is 3.13. The van der Waals surface area contributed by atoms with Crippen LogP contribution in [0.1, 0.15) is 39.0 Å². The van der Waals surface area contributed by atoms with Gasteiger partial charge in [-0.3, -0.25) is 4.79 Å². The summed E-state index contributed by atoms with van der Waals surface area (Å²) in [5.41, 5.74) is 0. The van der Waals surface area contributed by atoms with Crippen LogP contribution in [0.2, 0.25) is 0 Å². The van der Waals surface area contributed by atoms with Gasteiger partial charge < -0.3 is 15.4 Å². The van der Waals surface area contributed by atoms with Crippen LogP contribution in [0, 0.1) is 0 Å². The lowest BCUT2D eigenvalue weighted by Crippen LogP contribution is -2.30. The predicted molar refractivity (Wildman–Crippen MR) is 89.4 cm³/mol. The molecule has 1 saturated heterocycles. The van der Waals surface area contributed by atoms with Crippen LogP contribution < -0.4 is 10.6 Å². The molecule has 116 valence electrons. The molecule has 0 spiro atoms. The van der Waals surface area contributed by atoms with Crippen molar-refractivity contribution in [1.82, 2.24) is 10.6 Å². The Morgan fingerprint density at radius 3 is 2.95 bits per heavy atom. The largest absolute Gasteiger partial charge is 0.380 e. The van der Waals surface area contributed by atoms with E-state index in [1.807, 2.05) is 6.92 Å². The molecule has 1 unspecified atom stereocenters. The molecule has 0 radical (unpaired) electrons. The molecule has 0 aromatic rings. The number of ether oxygens (including phenoxy) is 1.